The molecule has 0 saturated heterocycles. The lowest BCUT2D eigenvalue weighted by Crippen LogP contribution is -2.36. The summed E-state index contributed by atoms with van der Waals surface area (Å²) >= 11 is 0. The quantitative estimate of drug-likeness (QED) is 0.795. The van der Waals surface area contributed by atoms with Crippen LogP contribution >= 0.6 is 0 Å². The van der Waals surface area contributed by atoms with Crippen LogP contribution in [-0.2, 0) is 0 Å². The van der Waals surface area contributed by atoms with Gasteiger partial charge in [0.25, 0.3) is 5.91 Å². The van der Waals surface area contributed by atoms with Gasteiger partial charge in [-0.15, -0.1) is 0 Å². The fourth-order valence-electron chi connectivity index (χ4n) is 2.56. The van der Waals surface area contributed by atoms with Crippen molar-refractivity contribution < 1.29 is 9.90 Å². The van der Waals surface area contributed by atoms with Crippen molar-refractivity contribution in [1.29, 1.82) is 0 Å². The Bertz CT molecular complexity index is 553. The molecule has 2 rings (SSSR count). The maximum Gasteiger partial charge on any atom is 0.254 e. The molecular weight excluding hydrogens is 250 g/mol. The maximum atomic E-state index is 12.5. The number of nitrogens with zero attached hydrogens (tertiary/aromatic N) is 1. The monoisotopic (exact) mass is 273 g/mol. The second-order valence-corrected chi connectivity index (χ2v) is 6.43. The summed E-state index contributed by atoms with van der Waals surface area (Å²) in [7, 11) is 0. The molecule has 108 valence electrons. The minimum absolute atomic E-state index is 0.00242. The normalized spacial score (nSPS) is 16.0. The van der Waals surface area contributed by atoms with E-state index < -0.39 is 0 Å². The minimum atomic E-state index is 0.00242. The van der Waals surface area contributed by atoms with E-state index in [1.165, 1.54) is 5.57 Å². The van der Waals surface area contributed by atoms with Gasteiger partial charge in [-0.3, -0.25) is 4.79 Å². The summed E-state index contributed by atoms with van der Waals surface area (Å²) in [6, 6.07) is 5.11. The number of hydrogen-bond donors (Lipinski definition) is 1. The van der Waals surface area contributed by atoms with Gasteiger partial charge in [-0.2, -0.15) is 0 Å². The summed E-state index contributed by atoms with van der Waals surface area (Å²) in [6.45, 7) is 9.79. The van der Waals surface area contributed by atoms with Crippen LogP contribution in [0.2, 0.25) is 0 Å². The largest absolute Gasteiger partial charge is 0.508 e. The molecule has 3 nitrogen and oxygen atoms in total. The number of aromatic hydroxyl groups is 1. The van der Waals surface area contributed by atoms with Gasteiger partial charge in [-0.1, -0.05) is 38.5 Å². The molecule has 1 aliphatic heterocycles. The number of carbonyl (C=O) groups excluding carboxylic acids is 1. The van der Waals surface area contributed by atoms with E-state index in [9.17, 15) is 9.90 Å². The third-order valence-corrected chi connectivity index (χ3v) is 4.00. The van der Waals surface area contributed by atoms with Gasteiger partial charge in [-0.05, 0) is 30.9 Å². The van der Waals surface area contributed by atoms with Gasteiger partial charge in [-0.25, -0.2) is 0 Å². The SMILES string of the molecule is Cc1c(O)cccc1C(=O)N1CC=C(C(C)(C)C)CC1. The Morgan fingerprint density at radius 1 is 1.30 bits per heavy atom. The Morgan fingerprint density at radius 2 is 2.00 bits per heavy atom. The van der Waals surface area contributed by atoms with Crippen molar-refractivity contribution >= 4 is 5.91 Å². The van der Waals surface area contributed by atoms with E-state index in [0.717, 1.165) is 13.0 Å². The Morgan fingerprint density at radius 3 is 2.55 bits per heavy atom. The van der Waals surface area contributed by atoms with E-state index in [1.807, 2.05) is 4.90 Å². The Labute approximate surface area is 120 Å². The fraction of sp³-hybridized carbons (Fsp3) is 0.471. The first kappa shape index (κ1) is 14.6. The van der Waals surface area contributed by atoms with E-state index in [-0.39, 0.29) is 17.1 Å². The molecule has 1 aliphatic rings. The Balaban J connectivity index is 2.17. The van der Waals surface area contributed by atoms with Crippen LogP contribution in [-0.4, -0.2) is 29.0 Å². The predicted octanol–water partition coefficient (Wildman–Crippen LogP) is 3.52. The van der Waals surface area contributed by atoms with Crippen molar-refractivity contribution in [1.82, 2.24) is 4.90 Å². The van der Waals surface area contributed by atoms with Gasteiger partial charge in [0.2, 0.25) is 0 Å². The van der Waals surface area contributed by atoms with Gasteiger partial charge < -0.3 is 10.0 Å². The molecule has 0 aliphatic carbocycles. The molecular formula is C17H23NO2. The first-order valence-electron chi connectivity index (χ1n) is 7.08. The third-order valence-electron chi connectivity index (χ3n) is 4.00. The second kappa shape index (κ2) is 5.31. The zero-order valence-corrected chi connectivity index (χ0v) is 12.7. The minimum Gasteiger partial charge on any atom is -0.508 e. The number of rotatable bonds is 1. The van der Waals surface area contributed by atoms with Crippen LogP contribution in [0.15, 0.2) is 29.8 Å². The van der Waals surface area contributed by atoms with Crippen LogP contribution in [0.25, 0.3) is 0 Å². The fourth-order valence-corrected chi connectivity index (χ4v) is 2.56. The number of benzene rings is 1. The smallest absolute Gasteiger partial charge is 0.254 e. The highest BCUT2D eigenvalue weighted by Crippen LogP contribution is 2.31. The van der Waals surface area contributed by atoms with Crippen molar-refractivity contribution in [3.8, 4) is 5.75 Å². The van der Waals surface area contributed by atoms with Crippen molar-refractivity contribution in [2.75, 3.05) is 13.1 Å². The van der Waals surface area contributed by atoms with Crippen LogP contribution in [0, 0.1) is 12.3 Å². The summed E-state index contributed by atoms with van der Waals surface area (Å²) in [5.74, 6) is 0.182. The molecule has 1 heterocycles. The van der Waals surface area contributed by atoms with Gasteiger partial charge in [0.1, 0.15) is 5.75 Å². The molecule has 0 unspecified atom stereocenters. The highest BCUT2D eigenvalue weighted by atomic mass is 16.3. The van der Waals surface area contributed by atoms with Crippen LogP contribution in [0.5, 0.6) is 5.75 Å². The van der Waals surface area contributed by atoms with Crippen LogP contribution in [0.4, 0.5) is 0 Å². The molecule has 0 fully saturated rings. The Hall–Kier alpha value is -1.77. The zero-order valence-electron chi connectivity index (χ0n) is 12.7. The highest BCUT2D eigenvalue weighted by Gasteiger charge is 2.25. The summed E-state index contributed by atoms with van der Waals surface area (Å²) in [4.78, 5) is 14.4. The Kier molecular flexibility index (Phi) is 3.89. The van der Waals surface area contributed by atoms with E-state index in [0.29, 0.717) is 17.7 Å². The zero-order chi connectivity index (χ0) is 14.9. The molecule has 0 atom stereocenters. The van der Waals surface area contributed by atoms with Crippen molar-refractivity contribution in [3.63, 3.8) is 0 Å². The number of amides is 1. The molecule has 1 amide bonds. The average Bonchev–Trinajstić information content (AvgIpc) is 2.40. The molecule has 0 spiro atoms. The second-order valence-electron chi connectivity index (χ2n) is 6.43. The number of phenolic OH excluding ortho intramolecular Hbond substituents is 1. The molecule has 1 aromatic carbocycles. The van der Waals surface area contributed by atoms with Gasteiger partial charge in [0, 0.05) is 24.2 Å². The standard InChI is InChI=1S/C17H23NO2/c1-12-14(6-5-7-15(12)19)16(20)18-10-8-13(9-11-18)17(2,3)4/h5-8,19H,9-11H2,1-4H3. The number of hydrogen-bond acceptors (Lipinski definition) is 2. The number of phenols is 1. The third kappa shape index (κ3) is 2.87. The summed E-state index contributed by atoms with van der Waals surface area (Å²) < 4.78 is 0. The van der Waals surface area contributed by atoms with Crippen LogP contribution < -0.4 is 0 Å². The van der Waals surface area contributed by atoms with Crippen LogP contribution in [0.1, 0.15) is 43.1 Å². The van der Waals surface area contributed by atoms with E-state index in [4.69, 9.17) is 0 Å². The van der Waals surface area contributed by atoms with E-state index >= 15 is 0 Å². The van der Waals surface area contributed by atoms with Crippen LogP contribution in [0.3, 0.4) is 0 Å². The lowest BCUT2D eigenvalue weighted by molar-refractivity contribution is 0.0763. The van der Waals surface area contributed by atoms with Crippen molar-refractivity contribution in [2.24, 2.45) is 5.41 Å². The first-order valence-corrected chi connectivity index (χ1v) is 7.08. The molecule has 1 N–H and O–H groups in total. The lowest BCUT2D eigenvalue weighted by atomic mass is 9.83. The molecule has 0 bridgehead atoms. The molecule has 1 aromatic rings. The van der Waals surface area contributed by atoms with Crippen molar-refractivity contribution in [3.05, 3.63) is 41.0 Å². The topological polar surface area (TPSA) is 40.5 Å². The maximum absolute atomic E-state index is 12.5. The molecule has 0 saturated carbocycles. The molecule has 0 radical (unpaired) electrons. The first-order chi connectivity index (χ1) is 9.30. The van der Waals surface area contributed by atoms with E-state index in [1.54, 1.807) is 25.1 Å². The summed E-state index contributed by atoms with van der Waals surface area (Å²) in [5.41, 5.74) is 2.84. The van der Waals surface area contributed by atoms with Gasteiger partial charge in [0.15, 0.2) is 0 Å². The average molecular weight is 273 g/mol. The summed E-state index contributed by atoms with van der Waals surface area (Å²) in [6.07, 6.45) is 3.09. The molecule has 3 heteroatoms. The van der Waals surface area contributed by atoms with Crippen molar-refractivity contribution in [2.45, 2.75) is 34.1 Å². The highest BCUT2D eigenvalue weighted by molar-refractivity contribution is 5.96. The lowest BCUT2D eigenvalue weighted by Gasteiger charge is -2.32. The predicted molar refractivity (Wildman–Crippen MR) is 80.9 cm³/mol. The molecule has 20 heavy (non-hydrogen) atoms. The van der Waals surface area contributed by atoms with E-state index in [2.05, 4.69) is 26.8 Å². The number of carbonyl (C=O) groups is 1. The summed E-state index contributed by atoms with van der Waals surface area (Å²) in [5, 5.41) is 9.71. The van der Waals surface area contributed by atoms with Gasteiger partial charge >= 0.3 is 0 Å². The van der Waals surface area contributed by atoms with Gasteiger partial charge in [0.05, 0.1) is 0 Å². The molecule has 0 aromatic heterocycles.